The highest BCUT2D eigenvalue weighted by molar-refractivity contribution is 7.13. The topological polar surface area (TPSA) is 33.7 Å². The van der Waals surface area contributed by atoms with Crippen LogP contribution >= 0.6 is 11.3 Å². The summed E-state index contributed by atoms with van der Waals surface area (Å²) in [7, 11) is 0. The highest BCUT2D eigenvalue weighted by Crippen LogP contribution is 2.24. The molecule has 1 aliphatic rings. The zero-order valence-corrected chi connectivity index (χ0v) is 13.8. The van der Waals surface area contributed by atoms with Crippen LogP contribution in [-0.2, 0) is 6.54 Å². The van der Waals surface area contributed by atoms with Crippen LogP contribution in [-0.4, -0.2) is 31.3 Å². The van der Waals surface area contributed by atoms with E-state index in [1.54, 1.807) is 16.2 Å². The van der Waals surface area contributed by atoms with Crippen molar-refractivity contribution >= 4 is 17.0 Å². The van der Waals surface area contributed by atoms with E-state index in [-0.39, 0.29) is 0 Å². The molecule has 1 aliphatic heterocycles. The van der Waals surface area contributed by atoms with Gasteiger partial charge in [0.25, 0.3) is 0 Å². The Morgan fingerprint density at radius 2 is 1.91 bits per heavy atom. The van der Waals surface area contributed by atoms with Gasteiger partial charge in [-0.3, -0.25) is 0 Å². The summed E-state index contributed by atoms with van der Waals surface area (Å²) in [5.41, 5.74) is 2.38. The van der Waals surface area contributed by atoms with Crippen molar-refractivity contribution in [3.8, 4) is 10.6 Å². The van der Waals surface area contributed by atoms with Crippen LogP contribution in [0.3, 0.4) is 0 Å². The average Bonchev–Trinajstić information content (AvgIpc) is 3.28. The SMILES string of the molecule is c1ccc(N2CC[NH+](Cc3cc(-c4cccs4)on3)CC2)cc1. The van der Waals surface area contributed by atoms with E-state index >= 15 is 0 Å². The van der Waals surface area contributed by atoms with Gasteiger partial charge in [-0.15, -0.1) is 11.3 Å². The molecular weight excluding hydrogens is 306 g/mol. The van der Waals surface area contributed by atoms with E-state index in [9.17, 15) is 0 Å². The van der Waals surface area contributed by atoms with E-state index in [2.05, 4.69) is 57.9 Å². The molecule has 0 bridgehead atoms. The molecule has 23 heavy (non-hydrogen) atoms. The number of thiophene rings is 1. The quantitative estimate of drug-likeness (QED) is 0.799. The number of rotatable bonds is 4. The normalized spacial score (nSPS) is 15.9. The molecule has 1 N–H and O–H groups in total. The lowest BCUT2D eigenvalue weighted by atomic mass is 10.2. The molecule has 5 heteroatoms. The fraction of sp³-hybridized carbons (Fsp3) is 0.278. The van der Waals surface area contributed by atoms with Gasteiger partial charge in [-0.25, -0.2) is 0 Å². The number of hydrogen-bond acceptors (Lipinski definition) is 4. The van der Waals surface area contributed by atoms with Crippen molar-refractivity contribution in [2.45, 2.75) is 6.54 Å². The summed E-state index contributed by atoms with van der Waals surface area (Å²) < 4.78 is 5.48. The van der Waals surface area contributed by atoms with Gasteiger partial charge in [0.05, 0.1) is 31.1 Å². The number of nitrogens with zero attached hydrogens (tertiary/aromatic N) is 2. The van der Waals surface area contributed by atoms with Gasteiger partial charge >= 0.3 is 0 Å². The van der Waals surface area contributed by atoms with Crippen molar-refractivity contribution in [2.75, 3.05) is 31.1 Å². The van der Waals surface area contributed by atoms with E-state index in [0.29, 0.717) is 0 Å². The van der Waals surface area contributed by atoms with Crippen molar-refractivity contribution in [1.82, 2.24) is 5.16 Å². The second-order valence-corrected chi connectivity index (χ2v) is 6.86. The van der Waals surface area contributed by atoms with E-state index in [0.717, 1.165) is 49.1 Å². The number of nitrogens with one attached hydrogen (secondary N) is 1. The van der Waals surface area contributed by atoms with Gasteiger partial charge in [0.1, 0.15) is 12.2 Å². The van der Waals surface area contributed by atoms with Crippen LogP contribution in [0.2, 0.25) is 0 Å². The Bertz CT molecular complexity index is 731. The molecule has 0 atom stereocenters. The van der Waals surface area contributed by atoms with Crippen molar-refractivity contribution in [3.05, 3.63) is 59.6 Å². The number of quaternary nitrogens is 1. The third kappa shape index (κ3) is 3.30. The summed E-state index contributed by atoms with van der Waals surface area (Å²) in [6.45, 7) is 5.40. The van der Waals surface area contributed by atoms with Gasteiger partial charge < -0.3 is 14.3 Å². The summed E-state index contributed by atoms with van der Waals surface area (Å²) in [6, 6.07) is 16.9. The van der Waals surface area contributed by atoms with E-state index < -0.39 is 0 Å². The fourth-order valence-corrected chi connectivity index (χ4v) is 3.76. The molecule has 0 radical (unpaired) electrons. The molecule has 3 heterocycles. The summed E-state index contributed by atoms with van der Waals surface area (Å²) in [4.78, 5) is 5.18. The molecule has 0 amide bonds. The molecule has 1 fully saturated rings. The van der Waals surface area contributed by atoms with Crippen LogP contribution in [0.25, 0.3) is 10.6 Å². The first-order valence-corrected chi connectivity index (χ1v) is 8.89. The van der Waals surface area contributed by atoms with Gasteiger partial charge in [-0.2, -0.15) is 0 Å². The van der Waals surface area contributed by atoms with Crippen LogP contribution in [0.5, 0.6) is 0 Å². The summed E-state index contributed by atoms with van der Waals surface area (Å²) in [6.07, 6.45) is 0. The second kappa shape index (κ2) is 6.56. The summed E-state index contributed by atoms with van der Waals surface area (Å²) in [5, 5.41) is 6.30. The minimum absolute atomic E-state index is 0.886. The Morgan fingerprint density at radius 1 is 1.09 bits per heavy atom. The molecule has 118 valence electrons. The highest BCUT2D eigenvalue weighted by Gasteiger charge is 2.21. The maximum atomic E-state index is 5.48. The Kier molecular flexibility index (Phi) is 4.13. The maximum absolute atomic E-state index is 5.48. The van der Waals surface area contributed by atoms with Crippen LogP contribution in [0.4, 0.5) is 5.69 Å². The Labute approximate surface area is 139 Å². The minimum atomic E-state index is 0.886. The predicted molar refractivity (Wildman–Crippen MR) is 92.9 cm³/mol. The predicted octanol–water partition coefficient (Wildman–Crippen LogP) is 2.31. The van der Waals surface area contributed by atoms with Crippen molar-refractivity contribution < 1.29 is 9.42 Å². The van der Waals surface area contributed by atoms with Gasteiger partial charge in [0.2, 0.25) is 0 Å². The molecule has 0 unspecified atom stereocenters. The van der Waals surface area contributed by atoms with E-state index in [1.807, 2.05) is 6.07 Å². The maximum Gasteiger partial charge on any atom is 0.177 e. The van der Waals surface area contributed by atoms with Crippen LogP contribution in [0.1, 0.15) is 5.69 Å². The van der Waals surface area contributed by atoms with Crippen molar-refractivity contribution in [2.24, 2.45) is 0 Å². The smallest absolute Gasteiger partial charge is 0.177 e. The Balaban J connectivity index is 1.35. The Hall–Kier alpha value is -2.11. The zero-order chi connectivity index (χ0) is 15.5. The average molecular weight is 326 g/mol. The van der Waals surface area contributed by atoms with Gasteiger partial charge in [0.15, 0.2) is 5.76 Å². The molecular formula is C18H20N3OS+. The zero-order valence-electron chi connectivity index (χ0n) is 12.9. The third-order valence-electron chi connectivity index (χ3n) is 4.35. The van der Waals surface area contributed by atoms with Gasteiger partial charge in [-0.1, -0.05) is 29.4 Å². The first-order chi connectivity index (χ1) is 11.4. The molecule has 1 saturated heterocycles. The number of hydrogen-bond donors (Lipinski definition) is 1. The highest BCUT2D eigenvalue weighted by atomic mass is 32.1. The van der Waals surface area contributed by atoms with E-state index in [1.165, 1.54) is 5.69 Å². The lowest BCUT2D eigenvalue weighted by Crippen LogP contribution is -3.13. The number of piperazine rings is 1. The first kappa shape index (κ1) is 14.5. The number of aromatic nitrogens is 1. The number of anilines is 1. The minimum Gasteiger partial charge on any atom is -0.360 e. The third-order valence-corrected chi connectivity index (χ3v) is 5.23. The van der Waals surface area contributed by atoms with Crippen molar-refractivity contribution in [3.63, 3.8) is 0 Å². The molecule has 1 aromatic carbocycles. The molecule has 2 aromatic heterocycles. The molecule has 0 spiro atoms. The summed E-state index contributed by atoms with van der Waals surface area (Å²) in [5.74, 6) is 0.886. The molecule has 4 nitrogen and oxygen atoms in total. The van der Waals surface area contributed by atoms with E-state index in [4.69, 9.17) is 4.52 Å². The van der Waals surface area contributed by atoms with Crippen LogP contribution in [0.15, 0.2) is 58.4 Å². The lowest BCUT2D eigenvalue weighted by molar-refractivity contribution is -0.914. The monoisotopic (exact) mass is 326 g/mol. The second-order valence-electron chi connectivity index (χ2n) is 5.91. The first-order valence-electron chi connectivity index (χ1n) is 8.01. The largest absolute Gasteiger partial charge is 0.360 e. The van der Waals surface area contributed by atoms with Crippen LogP contribution < -0.4 is 9.80 Å². The molecule has 0 aliphatic carbocycles. The van der Waals surface area contributed by atoms with Gasteiger partial charge in [-0.05, 0) is 23.6 Å². The molecule has 0 saturated carbocycles. The van der Waals surface area contributed by atoms with Crippen LogP contribution in [0, 0.1) is 0 Å². The van der Waals surface area contributed by atoms with Gasteiger partial charge in [0, 0.05) is 11.8 Å². The molecule has 4 rings (SSSR count). The standard InChI is InChI=1S/C18H19N3OS/c1-2-5-16(6-3-1)21-10-8-20(9-11-21)14-15-13-17(22-19-15)18-7-4-12-23-18/h1-7,12-13H,8-11,14H2/p+1. The number of para-hydroxylation sites is 1. The van der Waals surface area contributed by atoms with Crippen molar-refractivity contribution in [1.29, 1.82) is 0 Å². The molecule has 3 aromatic rings. The lowest BCUT2D eigenvalue weighted by Gasteiger charge is -2.33. The fourth-order valence-electron chi connectivity index (χ4n) is 3.08. The number of benzene rings is 1. The summed E-state index contributed by atoms with van der Waals surface area (Å²) >= 11 is 1.69. The Morgan fingerprint density at radius 3 is 2.65 bits per heavy atom.